The van der Waals surface area contributed by atoms with Crippen molar-refractivity contribution in [2.45, 2.75) is 25.4 Å². The number of carbonyl (C=O) groups is 1. The molecule has 0 aliphatic heterocycles. The lowest BCUT2D eigenvalue weighted by Crippen LogP contribution is -2.41. The summed E-state index contributed by atoms with van der Waals surface area (Å²) in [6, 6.07) is 6.93. The summed E-state index contributed by atoms with van der Waals surface area (Å²) < 4.78 is 0. The quantitative estimate of drug-likeness (QED) is 0.845. The number of nitrogens with one attached hydrogen (secondary N) is 1. The Hall–Kier alpha value is -0.710. The molecular weight excluding hydrogens is 268 g/mol. The molecule has 5 heteroatoms. The summed E-state index contributed by atoms with van der Waals surface area (Å²) >= 11 is 7.60. The number of hydrogen-bond acceptors (Lipinski definition) is 3. The van der Waals surface area contributed by atoms with Crippen LogP contribution in [0.5, 0.6) is 0 Å². The minimum atomic E-state index is -0.445. The van der Waals surface area contributed by atoms with Crippen molar-refractivity contribution in [3.63, 3.8) is 0 Å². The minimum absolute atomic E-state index is 0.0865. The smallest absolute Gasteiger partial charge is 0.237 e. The van der Waals surface area contributed by atoms with Crippen molar-refractivity contribution in [3.05, 3.63) is 34.9 Å². The molecule has 1 aromatic rings. The molecule has 3 nitrogen and oxygen atoms in total. The summed E-state index contributed by atoms with van der Waals surface area (Å²) in [6.07, 6.45) is 2.69. The van der Waals surface area contributed by atoms with Gasteiger partial charge >= 0.3 is 0 Å². The Kier molecular flexibility index (Phi) is 6.54. The van der Waals surface area contributed by atoms with Gasteiger partial charge in [0.05, 0.1) is 12.1 Å². The van der Waals surface area contributed by atoms with Crippen LogP contribution in [0.2, 0.25) is 5.02 Å². The monoisotopic (exact) mass is 286 g/mol. The molecule has 0 aliphatic carbocycles. The molecule has 0 radical (unpaired) electrons. The maximum Gasteiger partial charge on any atom is 0.237 e. The standard InChI is InChI=1S/C13H19ClN2OS/c1-9(10-4-3-5-11(14)8-10)16-13(17)12(15)6-7-18-2/h3-5,8-9,12H,6-7,15H2,1-2H3,(H,16,17)/t9-,12-/m0/s1. The van der Waals surface area contributed by atoms with Crippen LogP contribution in [0.1, 0.15) is 24.9 Å². The van der Waals surface area contributed by atoms with Crippen LogP contribution in [-0.4, -0.2) is 24.0 Å². The lowest BCUT2D eigenvalue weighted by molar-refractivity contribution is -0.123. The maximum absolute atomic E-state index is 11.8. The SMILES string of the molecule is CSCC[C@H](N)C(=O)N[C@@H](C)c1cccc(Cl)c1. The van der Waals surface area contributed by atoms with E-state index in [4.69, 9.17) is 17.3 Å². The zero-order valence-electron chi connectivity index (χ0n) is 10.7. The van der Waals surface area contributed by atoms with Crippen LogP contribution < -0.4 is 11.1 Å². The fourth-order valence-electron chi connectivity index (χ4n) is 1.56. The van der Waals surface area contributed by atoms with Gasteiger partial charge in [-0.05, 0) is 43.0 Å². The number of benzene rings is 1. The predicted octanol–water partition coefficient (Wildman–Crippen LogP) is 2.60. The molecule has 0 aliphatic rings. The normalized spacial score (nSPS) is 14.0. The highest BCUT2D eigenvalue weighted by Crippen LogP contribution is 2.17. The summed E-state index contributed by atoms with van der Waals surface area (Å²) in [5.74, 6) is 0.775. The van der Waals surface area contributed by atoms with Gasteiger partial charge in [0, 0.05) is 5.02 Å². The molecule has 18 heavy (non-hydrogen) atoms. The fourth-order valence-corrected chi connectivity index (χ4v) is 2.24. The van der Waals surface area contributed by atoms with E-state index in [2.05, 4.69) is 5.32 Å². The fraction of sp³-hybridized carbons (Fsp3) is 0.462. The molecule has 0 heterocycles. The molecule has 1 amide bonds. The van der Waals surface area contributed by atoms with Crippen LogP contribution in [0, 0.1) is 0 Å². The van der Waals surface area contributed by atoms with Crippen LogP contribution in [0.15, 0.2) is 24.3 Å². The number of amides is 1. The summed E-state index contributed by atoms with van der Waals surface area (Å²) in [5, 5.41) is 3.57. The molecule has 100 valence electrons. The van der Waals surface area contributed by atoms with E-state index < -0.39 is 6.04 Å². The molecule has 3 N–H and O–H groups in total. The lowest BCUT2D eigenvalue weighted by Gasteiger charge is -2.17. The van der Waals surface area contributed by atoms with E-state index in [9.17, 15) is 4.79 Å². The summed E-state index contributed by atoms with van der Waals surface area (Å²) in [5.41, 5.74) is 6.79. The molecule has 1 aromatic carbocycles. The average Bonchev–Trinajstić information content (AvgIpc) is 2.35. The van der Waals surface area contributed by atoms with E-state index in [1.165, 1.54) is 0 Å². The number of rotatable bonds is 6. The number of hydrogen-bond donors (Lipinski definition) is 2. The van der Waals surface area contributed by atoms with E-state index in [1.54, 1.807) is 11.8 Å². The molecule has 1 rings (SSSR count). The van der Waals surface area contributed by atoms with Crippen molar-refractivity contribution in [1.29, 1.82) is 0 Å². The molecule has 2 atom stereocenters. The largest absolute Gasteiger partial charge is 0.348 e. The molecule has 0 unspecified atom stereocenters. The Morgan fingerprint density at radius 1 is 1.56 bits per heavy atom. The van der Waals surface area contributed by atoms with Gasteiger partial charge in [-0.2, -0.15) is 11.8 Å². The van der Waals surface area contributed by atoms with Gasteiger partial charge in [0.1, 0.15) is 0 Å². The second-order valence-corrected chi connectivity index (χ2v) is 5.60. The highest BCUT2D eigenvalue weighted by molar-refractivity contribution is 7.98. The van der Waals surface area contributed by atoms with Crippen molar-refractivity contribution in [2.75, 3.05) is 12.0 Å². The van der Waals surface area contributed by atoms with E-state index in [1.807, 2.05) is 37.4 Å². The molecular formula is C13H19ClN2OS. The zero-order chi connectivity index (χ0) is 13.5. The lowest BCUT2D eigenvalue weighted by atomic mass is 10.1. The second-order valence-electron chi connectivity index (χ2n) is 4.17. The van der Waals surface area contributed by atoms with E-state index in [0.29, 0.717) is 11.4 Å². The number of carbonyl (C=O) groups excluding carboxylic acids is 1. The van der Waals surface area contributed by atoms with Crippen LogP contribution in [-0.2, 0) is 4.79 Å². The first-order chi connectivity index (χ1) is 8.54. The Balaban J connectivity index is 2.54. The van der Waals surface area contributed by atoms with Gasteiger partial charge < -0.3 is 11.1 Å². The highest BCUT2D eigenvalue weighted by atomic mass is 35.5. The van der Waals surface area contributed by atoms with Gasteiger partial charge in [-0.1, -0.05) is 23.7 Å². The molecule has 0 saturated carbocycles. The molecule has 0 saturated heterocycles. The predicted molar refractivity (Wildman–Crippen MR) is 79.0 cm³/mol. The van der Waals surface area contributed by atoms with Gasteiger partial charge in [0.25, 0.3) is 0 Å². The third-order valence-electron chi connectivity index (χ3n) is 2.68. The van der Waals surface area contributed by atoms with E-state index in [-0.39, 0.29) is 11.9 Å². The Labute approximate surface area is 117 Å². The van der Waals surface area contributed by atoms with Crippen molar-refractivity contribution in [1.82, 2.24) is 5.32 Å². The van der Waals surface area contributed by atoms with E-state index in [0.717, 1.165) is 11.3 Å². The average molecular weight is 287 g/mol. The van der Waals surface area contributed by atoms with Crippen LogP contribution in [0.3, 0.4) is 0 Å². The second kappa shape index (κ2) is 7.67. The molecule has 0 spiro atoms. The van der Waals surface area contributed by atoms with Crippen LogP contribution in [0.25, 0.3) is 0 Å². The van der Waals surface area contributed by atoms with Crippen molar-refractivity contribution >= 4 is 29.3 Å². The maximum atomic E-state index is 11.8. The van der Waals surface area contributed by atoms with Gasteiger partial charge in [-0.25, -0.2) is 0 Å². The number of nitrogens with two attached hydrogens (primary N) is 1. The minimum Gasteiger partial charge on any atom is -0.348 e. The molecule has 0 bridgehead atoms. The van der Waals surface area contributed by atoms with Gasteiger partial charge in [-0.15, -0.1) is 0 Å². The Bertz CT molecular complexity index is 400. The van der Waals surface area contributed by atoms with Crippen LogP contribution in [0.4, 0.5) is 0 Å². The number of halogens is 1. The molecule has 0 fully saturated rings. The summed E-state index contributed by atoms with van der Waals surface area (Å²) in [6.45, 7) is 1.92. The van der Waals surface area contributed by atoms with Gasteiger partial charge in [0.15, 0.2) is 0 Å². The topological polar surface area (TPSA) is 55.1 Å². The van der Waals surface area contributed by atoms with Crippen molar-refractivity contribution < 1.29 is 4.79 Å². The first-order valence-corrected chi connectivity index (χ1v) is 7.62. The highest BCUT2D eigenvalue weighted by Gasteiger charge is 2.16. The van der Waals surface area contributed by atoms with Crippen LogP contribution >= 0.6 is 23.4 Å². The zero-order valence-corrected chi connectivity index (χ0v) is 12.2. The third-order valence-corrected chi connectivity index (χ3v) is 3.56. The van der Waals surface area contributed by atoms with E-state index >= 15 is 0 Å². The summed E-state index contributed by atoms with van der Waals surface area (Å²) in [4.78, 5) is 11.8. The summed E-state index contributed by atoms with van der Waals surface area (Å²) in [7, 11) is 0. The van der Waals surface area contributed by atoms with Gasteiger partial charge in [-0.3, -0.25) is 4.79 Å². The molecule has 0 aromatic heterocycles. The number of thioether (sulfide) groups is 1. The first kappa shape index (κ1) is 15.3. The third kappa shape index (κ3) is 4.88. The Morgan fingerprint density at radius 3 is 2.89 bits per heavy atom. The first-order valence-electron chi connectivity index (χ1n) is 5.85. The van der Waals surface area contributed by atoms with Crippen molar-refractivity contribution in [2.24, 2.45) is 5.73 Å². The Morgan fingerprint density at radius 2 is 2.28 bits per heavy atom. The van der Waals surface area contributed by atoms with Crippen molar-refractivity contribution in [3.8, 4) is 0 Å². The van der Waals surface area contributed by atoms with Gasteiger partial charge in [0.2, 0.25) is 5.91 Å².